The van der Waals surface area contributed by atoms with Crippen LogP contribution in [0, 0.1) is 0 Å². The zero-order chi connectivity index (χ0) is 13.7. The number of carbonyl (C=O) groups is 1. The van der Waals surface area contributed by atoms with E-state index < -0.39 is 0 Å². The van der Waals surface area contributed by atoms with Gasteiger partial charge in [-0.15, -0.1) is 0 Å². The lowest BCUT2D eigenvalue weighted by Crippen LogP contribution is -2.42. The predicted octanol–water partition coefficient (Wildman–Crippen LogP) is 2.48. The fraction of sp³-hybridized carbons (Fsp3) is 0.571. The topological polar surface area (TPSA) is 45.2 Å². The summed E-state index contributed by atoms with van der Waals surface area (Å²) in [5, 5.41) is 3.80. The summed E-state index contributed by atoms with van der Waals surface area (Å²) < 4.78 is 0. The highest BCUT2D eigenvalue weighted by atomic mass is 32.2. The van der Waals surface area contributed by atoms with Crippen LogP contribution in [0.1, 0.15) is 30.6 Å². The fourth-order valence-corrected chi connectivity index (χ4v) is 3.41. The van der Waals surface area contributed by atoms with Crippen molar-refractivity contribution in [3.63, 3.8) is 0 Å². The number of hydrogen-bond donors (Lipinski definition) is 1. The number of carbonyl (C=O) groups excluding carboxylic acids is 1. The van der Waals surface area contributed by atoms with Gasteiger partial charge in [0, 0.05) is 43.0 Å². The zero-order valence-electron chi connectivity index (χ0n) is 11.6. The summed E-state index contributed by atoms with van der Waals surface area (Å²) in [7, 11) is 0. The molecule has 0 bridgehead atoms. The van der Waals surface area contributed by atoms with Crippen molar-refractivity contribution in [3.8, 4) is 0 Å². The van der Waals surface area contributed by atoms with Crippen molar-refractivity contribution >= 4 is 23.4 Å². The van der Waals surface area contributed by atoms with Crippen LogP contribution in [0.2, 0.25) is 0 Å². The average molecular weight is 279 g/mol. The number of nitrogens with zero attached hydrogens (tertiary/aromatic N) is 2. The normalized spacial score (nSPS) is 19.3. The Kier molecular flexibility index (Phi) is 5.07. The maximum absolute atomic E-state index is 12.6. The largest absolute Gasteiger partial charge is 0.385 e. The van der Waals surface area contributed by atoms with Gasteiger partial charge in [0.25, 0.3) is 5.91 Å². The Morgan fingerprint density at radius 3 is 3.16 bits per heavy atom. The van der Waals surface area contributed by atoms with E-state index in [4.69, 9.17) is 0 Å². The molecule has 0 spiro atoms. The second-order valence-electron chi connectivity index (χ2n) is 4.60. The summed E-state index contributed by atoms with van der Waals surface area (Å²) in [4.78, 5) is 18.6. The molecular formula is C14H21N3OS. The van der Waals surface area contributed by atoms with E-state index in [0.29, 0.717) is 10.8 Å². The molecule has 2 rings (SSSR count). The molecule has 5 heteroatoms. The van der Waals surface area contributed by atoms with Crippen LogP contribution in [0.4, 0.5) is 5.69 Å². The fourth-order valence-electron chi connectivity index (χ4n) is 2.23. The smallest absolute Gasteiger partial charge is 0.257 e. The van der Waals surface area contributed by atoms with Crippen LogP contribution in [-0.4, -0.2) is 46.4 Å². The van der Waals surface area contributed by atoms with Crippen molar-refractivity contribution in [1.82, 2.24) is 9.88 Å². The standard InChI is InChI=1S/C14H21N3OS/c1-3-11-10-17(7-8-19-11)14(18)12-9-15-6-5-13(12)16-4-2/h5-6,9,11H,3-4,7-8,10H2,1-2H3,(H,15,16). The monoisotopic (exact) mass is 279 g/mol. The Bertz CT molecular complexity index is 438. The van der Waals surface area contributed by atoms with Gasteiger partial charge in [-0.2, -0.15) is 11.8 Å². The van der Waals surface area contributed by atoms with E-state index in [1.807, 2.05) is 29.7 Å². The van der Waals surface area contributed by atoms with E-state index in [0.717, 1.165) is 37.5 Å². The first-order valence-electron chi connectivity index (χ1n) is 6.85. The Labute approximate surface area is 119 Å². The van der Waals surface area contributed by atoms with Crippen LogP contribution in [0.15, 0.2) is 18.5 Å². The van der Waals surface area contributed by atoms with Gasteiger partial charge in [0.05, 0.1) is 11.3 Å². The molecule has 0 radical (unpaired) electrons. The first-order chi connectivity index (χ1) is 9.26. The molecule has 2 heterocycles. The molecule has 1 atom stereocenters. The van der Waals surface area contributed by atoms with Gasteiger partial charge in [-0.05, 0) is 19.4 Å². The van der Waals surface area contributed by atoms with E-state index in [9.17, 15) is 4.79 Å². The maximum Gasteiger partial charge on any atom is 0.257 e. The molecule has 4 nitrogen and oxygen atoms in total. The number of nitrogens with one attached hydrogen (secondary N) is 1. The van der Waals surface area contributed by atoms with Crippen LogP contribution < -0.4 is 5.32 Å². The summed E-state index contributed by atoms with van der Waals surface area (Å²) in [5.41, 5.74) is 1.57. The number of aromatic nitrogens is 1. The molecular weight excluding hydrogens is 258 g/mol. The van der Waals surface area contributed by atoms with E-state index >= 15 is 0 Å². The van der Waals surface area contributed by atoms with Gasteiger partial charge in [-0.25, -0.2) is 0 Å². The van der Waals surface area contributed by atoms with E-state index in [-0.39, 0.29) is 5.91 Å². The van der Waals surface area contributed by atoms with Crippen molar-refractivity contribution in [2.24, 2.45) is 0 Å². The molecule has 0 saturated carbocycles. The van der Waals surface area contributed by atoms with Gasteiger partial charge in [-0.1, -0.05) is 6.92 Å². The van der Waals surface area contributed by atoms with Crippen molar-refractivity contribution in [3.05, 3.63) is 24.0 Å². The lowest BCUT2D eigenvalue weighted by molar-refractivity contribution is 0.0761. The van der Waals surface area contributed by atoms with Crippen LogP contribution >= 0.6 is 11.8 Å². The molecule has 1 aliphatic rings. The third-order valence-electron chi connectivity index (χ3n) is 3.30. The Hall–Kier alpha value is -1.23. The quantitative estimate of drug-likeness (QED) is 0.919. The predicted molar refractivity (Wildman–Crippen MR) is 80.8 cm³/mol. The van der Waals surface area contributed by atoms with Crippen LogP contribution in [0.5, 0.6) is 0 Å². The van der Waals surface area contributed by atoms with Crippen molar-refractivity contribution in [2.75, 3.05) is 30.7 Å². The van der Waals surface area contributed by atoms with Crippen LogP contribution in [-0.2, 0) is 0 Å². The molecule has 104 valence electrons. The lowest BCUT2D eigenvalue weighted by atomic mass is 10.2. The number of pyridine rings is 1. The molecule has 1 aromatic rings. The molecule has 1 aromatic heterocycles. The van der Waals surface area contributed by atoms with Crippen molar-refractivity contribution in [2.45, 2.75) is 25.5 Å². The van der Waals surface area contributed by atoms with Gasteiger partial charge < -0.3 is 10.2 Å². The molecule has 1 aliphatic heterocycles. The Morgan fingerprint density at radius 1 is 1.58 bits per heavy atom. The average Bonchev–Trinajstić information content (AvgIpc) is 2.47. The molecule has 1 amide bonds. The minimum Gasteiger partial charge on any atom is -0.385 e. The highest BCUT2D eigenvalue weighted by Gasteiger charge is 2.25. The number of anilines is 1. The van der Waals surface area contributed by atoms with Crippen LogP contribution in [0.3, 0.4) is 0 Å². The van der Waals surface area contributed by atoms with E-state index in [1.165, 1.54) is 0 Å². The first kappa shape index (κ1) is 14.2. The van der Waals surface area contributed by atoms with Crippen molar-refractivity contribution < 1.29 is 4.79 Å². The number of amides is 1. The molecule has 1 N–H and O–H groups in total. The minimum atomic E-state index is 0.0998. The maximum atomic E-state index is 12.6. The highest BCUT2D eigenvalue weighted by Crippen LogP contribution is 2.24. The summed E-state index contributed by atoms with van der Waals surface area (Å²) in [6.07, 6.45) is 4.50. The molecule has 0 aromatic carbocycles. The van der Waals surface area contributed by atoms with Gasteiger partial charge >= 0.3 is 0 Å². The number of rotatable bonds is 4. The molecule has 19 heavy (non-hydrogen) atoms. The molecule has 1 saturated heterocycles. The first-order valence-corrected chi connectivity index (χ1v) is 7.89. The summed E-state index contributed by atoms with van der Waals surface area (Å²) in [5.74, 6) is 1.13. The molecule has 1 unspecified atom stereocenters. The number of hydrogen-bond acceptors (Lipinski definition) is 4. The van der Waals surface area contributed by atoms with E-state index in [1.54, 1.807) is 12.4 Å². The van der Waals surface area contributed by atoms with E-state index in [2.05, 4.69) is 17.2 Å². The molecule has 1 fully saturated rings. The van der Waals surface area contributed by atoms with Crippen molar-refractivity contribution in [1.29, 1.82) is 0 Å². The number of thioether (sulfide) groups is 1. The minimum absolute atomic E-state index is 0.0998. The second-order valence-corrected chi connectivity index (χ2v) is 6.01. The highest BCUT2D eigenvalue weighted by molar-refractivity contribution is 8.00. The lowest BCUT2D eigenvalue weighted by Gasteiger charge is -2.32. The third-order valence-corrected chi connectivity index (χ3v) is 4.67. The SMILES string of the molecule is CCNc1ccncc1C(=O)N1CCSC(CC)C1. The summed E-state index contributed by atoms with van der Waals surface area (Å²) >= 11 is 1.97. The second kappa shape index (κ2) is 6.80. The molecule has 0 aliphatic carbocycles. The summed E-state index contributed by atoms with van der Waals surface area (Å²) in [6, 6.07) is 1.87. The summed E-state index contributed by atoms with van der Waals surface area (Å²) in [6.45, 7) is 6.69. The van der Waals surface area contributed by atoms with Gasteiger partial charge in [0.2, 0.25) is 0 Å². The van der Waals surface area contributed by atoms with Gasteiger partial charge in [-0.3, -0.25) is 9.78 Å². The Morgan fingerprint density at radius 2 is 2.42 bits per heavy atom. The van der Waals surface area contributed by atoms with Crippen LogP contribution in [0.25, 0.3) is 0 Å². The zero-order valence-corrected chi connectivity index (χ0v) is 12.4. The van der Waals surface area contributed by atoms with Gasteiger partial charge in [0.15, 0.2) is 0 Å². The Balaban J connectivity index is 2.14. The third kappa shape index (κ3) is 3.41. The van der Waals surface area contributed by atoms with Gasteiger partial charge in [0.1, 0.15) is 0 Å².